The van der Waals surface area contributed by atoms with Crippen molar-refractivity contribution >= 4 is 0 Å². The largest absolute Gasteiger partial charge is 0.266 e. The molecule has 1 fully saturated rings. The van der Waals surface area contributed by atoms with Crippen LogP contribution < -0.4 is 0 Å². The number of hydrogen-bond acceptors (Lipinski definition) is 0. The fourth-order valence-electron chi connectivity index (χ4n) is 1.23. The Labute approximate surface area is 78.3 Å². The van der Waals surface area contributed by atoms with Crippen molar-refractivity contribution in [3.05, 3.63) is 23.3 Å². The lowest BCUT2D eigenvalue weighted by Gasteiger charge is -2.11. The van der Waals surface area contributed by atoms with Crippen molar-refractivity contribution in [2.24, 2.45) is 5.92 Å². The molecule has 0 aromatic heterocycles. The molecule has 0 aliphatic heterocycles. The van der Waals surface area contributed by atoms with Crippen molar-refractivity contribution in [3.63, 3.8) is 0 Å². The maximum atomic E-state index is 12.8. The molecule has 0 heterocycles. The standard InChI is InChI=1S/C11H16F2/c1-4-9(10-5-6-10)7-8(2)11(3,12)13/h4,7,10H,5-6H2,1-3H3/b8-7+,9-4+. The van der Waals surface area contributed by atoms with E-state index in [1.807, 2.05) is 13.0 Å². The van der Waals surface area contributed by atoms with Gasteiger partial charge in [-0.05, 0) is 43.8 Å². The number of hydrogen-bond donors (Lipinski definition) is 0. The minimum atomic E-state index is -2.68. The fraction of sp³-hybridized carbons (Fsp3) is 0.636. The molecule has 0 unspecified atom stereocenters. The third-order valence-electron chi connectivity index (χ3n) is 2.46. The van der Waals surface area contributed by atoms with Crippen LogP contribution >= 0.6 is 0 Å². The molecule has 0 atom stereocenters. The Balaban J connectivity index is 2.73. The third-order valence-corrected chi connectivity index (χ3v) is 2.46. The van der Waals surface area contributed by atoms with Gasteiger partial charge in [-0.15, -0.1) is 0 Å². The molecule has 74 valence electrons. The van der Waals surface area contributed by atoms with Crippen LogP contribution in [0.5, 0.6) is 0 Å². The zero-order valence-electron chi connectivity index (χ0n) is 8.40. The highest BCUT2D eigenvalue weighted by atomic mass is 19.3. The van der Waals surface area contributed by atoms with E-state index in [1.54, 1.807) is 6.08 Å². The molecular weight excluding hydrogens is 170 g/mol. The normalized spacial score (nSPS) is 20.7. The number of halogens is 2. The summed E-state index contributed by atoms with van der Waals surface area (Å²) in [4.78, 5) is 0. The van der Waals surface area contributed by atoms with Crippen molar-refractivity contribution in [1.29, 1.82) is 0 Å². The molecule has 0 nitrogen and oxygen atoms in total. The number of allylic oxidation sites excluding steroid dienone is 4. The summed E-state index contributed by atoms with van der Waals surface area (Å²) in [5.74, 6) is -2.13. The molecule has 0 N–H and O–H groups in total. The second-order valence-electron chi connectivity index (χ2n) is 3.78. The van der Waals surface area contributed by atoms with E-state index in [0.717, 1.165) is 25.3 Å². The van der Waals surface area contributed by atoms with Gasteiger partial charge in [0, 0.05) is 6.92 Å². The molecule has 0 bridgehead atoms. The Kier molecular flexibility index (Phi) is 2.89. The van der Waals surface area contributed by atoms with Gasteiger partial charge in [-0.25, -0.2) is 8.78 Å². The Hall–Kier alpha value is -0.660. The summed E-state index contributed by atoms with van der Waals surface area (Å²) in [6.07, 6.45) is 5.88. The topological polar surface area (TPSA) is 0 Å². The average molecular weight is 186 g/mol. The van der Waals surface area contributed by atoms with Crippen molar-refractivity contribution in [2.75, 3.05) is 0 Å². The summed E-state index contributed by atoms with van der Waals surface area (Å²) in [6.45, 7) is 4.34. The average Bonchev–Trinajstić information content (AvgIpc) is 2.80. The van der Waals surface area contributed by atoms with E-state index in [9.17, 15) is 8.78 Å². The quantitative estimate of drug-likeness (QED) is 0.585. The molecule has 0 aromatic carbocycles. The van der Waals surface area contributed by atoms with Gasteiger partial charge >= 0.3 is 0 Å². The Morgan fingerprint density at radius 3 is 2.23 bits per heavy atom. The van der Waals surface area contributed by atoms with E-state index < -0.39 is 5.92 Å². The maximum absolute atomic E-state index is 12.8. The minimum absolute atomic E-state index is 0.160. The summed E-state index contributed by atoms with van der Waals surface area (Å²) in [7, 11) is 0. The summed E-state index contributed by atoms with van der Waals surface area (Å²) in [6, 6.07) is 0. The first kappa shape index (κ1) is 10.4. The Morgan fingerprint density at radius 1 is 1.38 bits per heavy atom. The van der Waals surface area contributed by atoms with Crippen LogP contribution in [0, 0.1) is 5.92 Å². The van der Waals surface area contributed by atoms with Crippen molar-refractivity contribution in [1.82, 2.24) is 0 Å². The summed E-state index contributed by atoms with van der Waals surface area (Å²) in [5, 5.41) is 0. The van der Waals surface area contributed by atoms with E-state index in [4.69, 9.17) is 0 Å². The Morgan fingerprint density at radius 2 is 1.92 bits per heavy atom. The SMILES string of the molecule is C/C=C(\C=C(/C)C(C)(F)F)C1CC1. The summed E-state index contributed by atoms with van der Waals surface area (Å²) < 4.78 is 25.6. The van der Waals surface area contributed by atoms with E-state index in [2.05, 4.69) is 0 Å². The number of rotatable bonds is 3. The van der Waals surface area contributed by atoms with Gasteiger partial charge in [-0.2, -0.15) is 0 Å². The van der Waals surface area contributed by atoms with E-state index in [0.29, 0.717) is 5.92 Å². The van der Waals surface area contributed by atoms with E-state index >= 15 is 0 Å². The first-order valence-electron chi connectivity index (χ1n) is 4.68. The maximum Gasteiger partial charge on any atom is 0.266 e. The van der Waals surface area contributed by atoms with Crippen LogP contribution in [0.25, 0.3) is 0 Å². The summed E-state index contributed by atoms with van der Waals surface area (Å²) >= 11 is 0. The van der Waals surface area contributed by atoms with Crippen LogP contribution in [0.2, 0.25) is 0 Å². The van der Waals surface area contributed by atoms with Gasteiger partial charge in [-0.1, -0.05) is 12.2 Å². The predicted octanol–water partition coefficient (Wildman–Crippen LogP) is 3.94. The molecule has 0 amide bonds. The highest BCUT2D eigenvalue weighted by Crippen LogP contribution is 2.38. The minimum Gasteiger partial charge on any atom is -0.202 e. The first-order valence-corrected chi connectivity index (χ1v) is 4.68. The zero-order valence-corrected chi connectivity index (χ0v) is 8.40. The van der Waals surface area contributed by atoms with Crippen molar-refractivity contribution in [2.45, 2.75) is 39.5 Å². The molecule has 0 radical (unpaired) electrons. The molecule has 13 heavy (non-hydrogen) atoms. The lowest BCUT2D eigenvalue weighted by Crippen LogP contribution is -2.11. The molecule has 0 aromatic rings. The van der Waals surface area contributed by atoms with Gasteiger partial charge in [0.05, 0.1) is 0 Å². The van der Waals surface area contributed by atoms with Crippen LogP contribution in [0.3, 0.4) is 0 Å². The van der Waals surface area contributed by atoms with Gasteiger partial charge in [0.25, 0.3) is 5.92 Å². The molecule has 1 saturated carbocycles. The van der Waals surface area contributed by atoms with E-state index in [-0.39, 0.29) is 5.57 Å². The van der Waals surface area contributed by atoms with Gasteiger partial charge in [-0.3, -0.25) is 0 Å². The van der Waals surface area contributed by atoms with Crippen LogP contribution in [-0.2, 0) is 0 Å². The van der Waals surface area contributed by atoms with Gasteiger partial charge in [0.2, 0.25) is 0 Å². The van der Waals surface area contributed by atoms with Crippen LogP contribution in [0.1, 0.15) is 33.6 Å². The lowest BCUT2D eigenvalue weighted by molar-refractivity contribution is 0.0634. The smallest absolute Gasteiger partial charge is 0.202 e. The molecule has 0 saturated heterocycles. The monoisotopic (exact) mass is 186 g/mol. The predicted molar refractivity (Wildman–Crippen MR) is 50.9 cm³/mol. The fourth-order valence-corrected chi connectivity index (χ4v) is 1.23. The van der Waals surface area contributed by atoms with Gasteiger partial charge < -0.3 is 0 Å². The first-order chi connectivity index (χ1) is 5.95. The van der Waals surface area contributed by atoms with Crippen molar-refractivity contribution < 1.29 is 8.78 Å². The zero-order chi connectivity index (χ0) is 10.1. The van der Waals surface area contributed by atoms with Crippen LogP contribution in [0.15, 0.2) is 23.3 Å². The molecule has 1 aliphatic carbocycles. The molecule has 1 rings (SSSR count). The second kappa shape index (κ2) is 3.60. The Bertz CT molecular complexity index is 239. The second-order valence-corrected chi connectivity index (χ2v) is 3.78. The summed E-state index contributed by atoms with van der Waals surface area (Å²) in [5.41, 5.74) is 1.23. The van der Waals surface area contributed by atoms with Gasteiger partial charge in [0.15, 0.2) is 0 Å². The highest BCUT2D eigenvalue weighted by Gasteiger charge is 2.28. The van der Waals surface area contributed by atoms with Gasteiger partial charge in [0.1, 0.15) is 0 Å². The molecule has 1 aliphatic rings. The highest BCUT2D eigenvalue weighted by molar-refractivity contribution is 5.30. The molecular formula is C11H16F2. The van der Waals surface area contributed by atoms with E-state index in [1.165, 1.54) is 6.92 Å². The molecule has 2 heteroatoms. The van der Waals surface area contributed by atoms with Crippen LogP contribution in [0.4, 0.5) is 8.78 Å². The van der Waals surface area contributed by atoms with Crippen molar-refractivity contribution in [3.8, 4) is 0 Å². The number of alkyl halides is 2. The lowest BCUT2D eigenvalue weighted by atomic mass is 10.0. The third kappa shape index (κ3) is 2.94. The molecule has 0 spiro atoms. The van der Waals surface area contributed by atoms with Crippen LogP contribution in [-0.4, -0.2) is 5.92 Å².